The zero-order chi connectivity index (χ0) is 45.2. The molecule has 1 aliphatic heterocycles. The van der Waals surface area contributed by atoms with Crippen molar-refractivity contribution in [1.29, 1.82) is 0 Å². The Bertz CT molecular complexity index is 2100. The number of benzene rings is 1. The summed E-state index contributed by atoms with van der Waals surface area (Å²) in [5.74, 6) is -6.48. The van der Waals surface area contributed by atoms with Crippen molar-refractivity contribution in [2.75, 3.05) is 6.61 Å². The van der Waals surface area contributed by atoms with E-state index in [-0.39, 0.29) is 35.5 Å². The Balaban J connectivity index is 1.55. The van der Waals surface area contributed by atoms with E-state index in [4.69, 9.17) is 32.8 Å². The molecular formula is C44H55NO16. The summed E-state index contributed by atoms with van der Waals surface area (Å²) in [6.45, 7) is 13.8. The summed E-state index contributed by atoms with van der Waals surface area (Å²) >= 11 is 0. The summed E-state index contributed by atoms with van der Waals surface area (Å²) in [7, 11) is 0. The summed E-state index contributed by atoms with van der Waals surface area (Å²) in [5, 5.41) is 40.2. The topological polar surface area (TPSA) is 244 Å². The number of hydrogen-bond acceptors (Lipinski definition) is 16. The molecule has 3 fully saturated rings. The molecule has 2 bridgehead atoms. The molecule has 17 nitrogen and oxygen atoms in total. The molecule has 4 aliphatic rings. The Labute approximate surface area is 353 Å². The predicted octanol–water partition coefficient (Wildman–Crippen LogP) is 3.81. The van der Waals surface area contributed by atoms with Crippen molar-refractivity contribution in [2.45, 2.75) is 141 Å². The summed E-state index contributed by atoms with van der Waals surface area (Å²) in [5.41, 5.74) is -11.4. The number of esters is 4. The van der Waals surface area contributed by atoms with Gasteiger partial charge in [0.15, 0.2) is 23.1 Å². The molecule has 1 amide bonds. The standard InChI is InChI=1S/C44H55NO16/c1-22-27(58-37(51)42(10,53)33(26-17-14-18-55-26)45-38(52)61-39(4,5)6)20-44(54)35(59-36(50)25-15-12-11-13-16-25)32-41(9,28(48)19-29-43(32,21-56-29)60-24(3)47)34(49)31(57-23(2)46)30(22)40(44,7)8/h11-18,27-29,31-33,35,48,53-54H,19-21H2,1-10H3,(H,45,52)/t27-,28-,29+,31+,32-,33-,35-,41+,42+,43-,44+/m0/s1. The minimum atomic E-state index is -2.61. The number of ether oxygens (including phenoxy) is 6. The van der Waals surface area contributed by atoms with Crippen LogP contribution in [0.1, 0.15) is 104 Å². The van der Waals surface area contributed by atoms with E-state index in [1.165, 1.54) is 44.4 Å². The Morgan fingerprint density at radius 1 is 0.934 bits per heavy atom. The molecule has 0 radical (unpaired) electrons. The molecule has 2 heterocycles. The molecule has 0 unspecified atom stereocenters. The number of nitrogens with one attached hydrogen (secondary N) is 1. The van der Waals surface area contributed by atoms with Gasteiger partial charge in [0.25, 0.3) is 0 Å². The third-order valence-electron chi connectivity index (χ3n) is 12.9. The molecule has 1 aromatic carbocycles. The second-order valence-electron chi connectivity index (χ2n) is 18.4. The molecule has 61 heavy (non-hydrogen) atoms. The number of hydrogen-bond donors (Lipinski definition) is 4. The Morgan fingerprint density at radius 2 is 1.59 bits per heavy atom. The predicted molar refractivity (Wildman–Crippen MR) is 210 cm³/mol. The van der Waals surface area contributed by atoms with E-state index >= 15 is 4.79 Å². The van der Waals surface area contributed by atoms with Gasteiger partial charge in [0, 0.05) is 32.1 Å². The smallest absolute Gasteiger partial charge is 0.408 e. The van der Waals surface area contributed by atoms with Gasteiger partial charge in [0.1, 0.15) is 41.3 Å². The van der Waals surface area contributed by atoms with E-state index in [9.17, 15) is 39.3 Å². The van der Waals surface area contributed by atoms with Crippen molar-refractivity contribution < 1.29 is 76.9 Å². The highest BCUT2D eigenvalue weighted by Gasteiger charge is 2.78. The first-order chi connectivity index (χ1) is 28.2. The summed E-state index contributed by atoms with van der Waals surface area (Å²) in [6, 6.07) is 9.08. The highest BCUT2D eigenvalue weighted by atomic mass is 16.6. The fraction of sp³-hybridized carbons (Fsp3) is 0.591. The average molecular weight is 854 g/mol. The summed E-state index contributed by atoms with van der Waals surface area (Å²) in [4.78, 5) is 83.1. The number of Topliss-reactive ketones (excluding diaryl/α,β-unsaturated/α-hetero) is 1. The molecule has 3 aliphatic carbocycles. The fourth-order valence-electron chi connectivity index (χ4n) is 9.75. The van der Waals surface area contributed by atoms with E-state index in [0.29, 0.717) is 0 Å². The molecule has 1 aromatic heterocycles. The largest absolute Gasteiger partial charge is 0.467 e. The zero-order valence-corrected chi connectivity index (χ0v) is 35.9. The molecule has 332 valence electrons. The SMILES string of the molecule is CC(=O)O[C@H]1C(=O)[C@@]2(C)[C@H]([C@H](OC(=O)c3ccccc3)[C@]3(O)C[C@H](OC(=O)[C@](C)(O)[C@@H](NC(=O)OC(C)(C)C)c4ccco4)C(C)=C1C3(C)C)[C@]1(OC(C)=O)CO[C@@H]1C[C@@H]2O. The van der Waals surface area contributed by atoms with Gasteiger partial charge in [-0.25, -0.2) is 14.4 Å². The van der Waals surface area contributed by atoms with E-state index in [2.05, 4.69) is 5.32 Å². The van der Waals surface area contributed by atoms with Crippen LogP contribution in [0.25, 0.3) is 0 Å². The number of rotatable bonds is 9. The quantitative estimate of drug-likeness (QED) is 0.159. The fourth-order valence-corrected chi connectivity index (χ4v) is 9.75. The van der Waals surface area contributed by atoms with Crippen molar-refractivity contribution in [3.63, 3.8) is 0 Å². The monoisotopic (exact) mass is 853 g/mol. The Morgan fingerprint density at radius 3 is 2.13 bits per heavy atom. The van der Waals surface area contributed by atoms with Crippen LogP contribution >= 0.6 is 0 Å². The van der Waals surface area contributed by atoms with Crippen LogP contribution in [0.4, 0.5) is 4.79 Å². The number of alkyl carbamates (subject to hydrolysis) is 1. The third kappa shape index (κ3) is 7.63. The number of fused-ring (bicyclic) bond motifs is 5. The van der Waals surface area contributed by atoms with Crippen LogP contribution in [0.15, 0.2) is 64.3 Å². The van der Waals surface area contributed by atoms with Gasteiger partial charge >= 0.3 is 30.0 Å². The lowest BCUT2D eigenvalue weighted by atomic mass is 9.44. The van der Waals surface area contributed by atoms with Gasteiger partial charge in [-0.1, -0.05) is 32.0 Å². The lowest BCUT2D eigenvalue weighted by Gasteiger charge is -2.67. The Kier molecular flexibility index (Phi) is 11.7. The number of aliphatic hydroxyl groups is 3. The molecule has 2 saturated carbocycles. The minimum Gasteiger partial charge on any atom is -0.467 e. The van der Waals surface area contributed by atoms with Crippen LogP contribution in [0.3, 0.4) is 0 Å². The normalized spacial score (nSPS) is 33.1. The average Bonchev–Trinajstić information content (AvgIpc) is 3.69. The lowest BCUT2D eigenvalue weighted by Crippen LogP contribution is -2.82. The van der Waals surface area contributed by atoms with Gasteiger partial charge in [-0.15, -0.1) is 0 Å². The van der Waals surface area contributed by atoms with Crippen LogP contribution in [0, 0.1) is 16.7 Å². The first-order valence-corrected chi connectivity index (χ1v) is 20.1. The maximum absolute atomic E-state index is 15.5. The van der Waals surface area contributed by atoms with Gasteiger partial charge < -0.3 is 53.5 Å². The maximum atomic E-state index is 15.5. The molecular weight excluding hydrogens is 798 g/mol. The van der Waals surface area contributed by atoms with Crippen LogP contribution < -0.4 is 5.32 Å². The number of amides is 1. The van der Waals surface area contributed by atoms with Crippen LogP contribution in [0.5, 0.6) is 0 Å². The highest BCUT2D eigenvalue weighted by molar-refractivity contribution is 5.95. The van der Waals surface area contributed by atoms with Crippen molar-refractivity contribution in [1.82, 2.24) is 5.32 Å². The number of furan rings is 1. The van der Waals surface area contributed by atoms with Gasteiger partial charge in [0.2, 0.25) is 0 Å². The number of ketones is 1. The molecule has 17 heteroatoms. The molecule has 6 rings (SSSR count). The molecule has 2 aromatic rings. The first-order valence-electron chi connectivity index (χ1n) is 20.1. The van der Waals surface area contributed by atoms with E-state index in [1.807, 2.05) is 0 Å². The van der Waals surface area contributed by atoms with Crippen molar-refractivity contribution in [3.8, 4) is 0 Å². The van der Waals surface area contributed by atoms with E-state index in [0.717, 1.165) is 20.8 Å². The highest BCUT2D eigenvalue weighted by Crippen LogP contribution is 2.64. The van der Waals surface area contributed by atoms with Crippen molar-refractivity contribution in [3.05, 3.63) is 71.2 Å². The van der Waals surface area contributed by atoms with Crippen molar-refractivity contribution >= 4 is 35.8 Å². The summed E-state index contributed by atoms with van der Waals surface area (Å²) in [6.07, 6.45) is -8.40. The van der Waals surface area contributed by atoms with Crippen LogP contribution in [-0.2, 0) is 47.6 Å². The van der Waals surface area contributed by atoms with Gasteiger partial charge in [-0.2, -0.15) is 0 Å². The molecule has 11 atom stereocenters. The molecule has 1 saturated heterocycles. The second-order valence-corrected chi connectivity index (χ2v) is 18.4. The Hall–Kier alpha value is -5.10. The third-order valence-corrected chi connectivity index (χ3v) is 12.9. The maximum Gasteiger partial charge on any atom is 0.408 e. The number of carbonyl (C=O) groups is 6. The van der Waals surface area contributed by atoms with Crippen molar-refractivity contribution in [2.24, 2.45) is 16.7 Å². The zero-order valence-electron chi connectivity index (χ0n) is 35.9. The van der Waals surface area contributed by atoms with E-state index < -0.39 is 118 Å². The second kappa shape index (κ2) is 15.7. The lowest BCUT2D eigenvalue weighted by molar-refractivity contribution is -0.346. The van der Waals surface area contributed by atoms with Crippen LogP contribution in [-0.4, -0.2) is 111 Å². The molecule has 4 N–H and O–H groups in total. The van der Waals surface area contributed by atoms with E-state index in [1.54, 1.807) is 52.8 Å². The molecule has 0 spiro atoms. The van der Waals surface area contributed by atoms with Gasteiger partial charge in [-0.05, 0) is 77.0 Å². The summed E-state index contributed by atoms with van der Waals surface area (Å²) < 4.78 is 41.1. The number of carbonyl (C=O) groups excluding carboxylic acids is 6. The van der Waals surface area contributed by atoms with Gasteiger partial charge in [0.05, 0.1) is 35.9 Å². The minimum absolute atomic E-state index is 0.0329. The van der Waals surface area contributed by atoms with Crippen LogP contribution in [0.2, 0.25) is 0 Å². The van der Waals surface area contributed by atoms with Gasteiger partial charge in [-0.3, -0.25) is 14.4 Å². The number of aliphatic hydroxyl groups excluding tert-OH is 1. The first kappa shape index (κ1) is 45.4.